The van der Waals surface area contributed by atoms with Gasteiger partial charge in [0.1, 0.15) is 0 Å². The molecule has 2 amide bonds. The number of amides is 2. The Morgan fingerprint density at radius 3 is 1.62 bits per heavy atom. The number of ether oxygens (including phenoxy) is 2. The molecule has 0 aliphatic rings. The van der Waals surface area contributed by atoms with E-state index in [-0.39, 0.29) is 34.1 Å². The van der Waals surface area contributed by atoms with Crippen LogP contribution >= 0.6 is 0 Å². The Hall–Kier alpha value is -5.46. The average molecular weight is 507 g/mol. The second kappa shape index (κ2) is 11.8. The molecule has 3 aromatic carbocycles. The Balaban J connectivity index is 1.74. The van der Waals surface area contributed by atoms with Crippen molar-refractivity contribution < 1.29 is 34.2 Å². The van der Waals surface area contributed by atoms with Crippen molar-refractivity contribution in [1.29, 1.82) is 0 Å². The van der Waals surface area contributed by atoms with Crippen LogP contribution in [0.25, 0.3) is 0 Å². The first-order valence-electron chi connectivity index (χ1n) is 10.4. The molecule has 0 radical (unpaired) electrons. The van der Waals surface area contributed by atoms with Gasteiger partial charge in [0.05, 0.1) is 31.6 Å². The van der Waals surface area contributed by atoms with Gasteiger partial charge in [0.15, 0.2) is 23.0 Å². The molecule has 0 aromatic heterocycles. The highest BCUT2D eigenvalue weighted by molar-refractivity contribution is 6.01. The van der Waals surface area contributed by atoms with Crippen LogP contribution in [0, 0.1) is 10.1 Å². The molecule has 0 spiro atoms. The zero-order valence-corrected chi connectivity index (χ0v) is 19.5. The van der Waals surface area contributed by atoms with E-state index in [1.165, 1.54) is 63.0 Å². The van der Waals surface area contributed by atoms with Crippen LogP contribution in [0.2, 0.25) is 0 Å². The molecule has 0 fully saturated rings. The predicted octanol–water partition coefficient (Wildman–Crippen LogP) is 2.55. The lowest BCUT2D eigenvalue weighted by Crippen LogP contribution is -2.21. The van der Waals surface area contributed by atoms with E-state index in [4.69, 9.17) is 9.47 Å². The molecule has 0 aliphatic heterocycles. The molecule has 3 rings (SSSR count). The highest BCUT2D eigenvalue weighted by Crippen LogP contribution is 2.26. The summed E-state index contributed by atoms with van der Waals surface area (Å²) in [5.74, 6) is -1.34. The van der Waals surface area contributed by atoms with Crippen LogP contribution < -0.4 is 20.3 Å². The van der Waals surface area contributed by atoms with Crippen molar-refractivity contribution in [2.45, 2.75) is 0 Å². The summed E-state index contributed by atoms with van der Waals surface area (Å²) in [6.07, 6.45) is 2.55. The molecular weight excluding hydrogens is 486 g/mol. The number of phenolic OH excluding ortho intramolecular Hbond substituents is 2. The first-order valence-corrected chi connectivity index (χ1v) is 10.4. The van der Waals surface area contributed by atoms with E-state index in [2.05, 4.69) is 21.1 Å². The summed E-state index contributed by atoms with van der Waals surface area (Å²) in [5, 5.41) is 38.2. The number of hydrazone groups is 2. The number of hydrogen-bond donors (Lipinski definition) is 4. The van der Waals surface area contributed by atoms with Gasteiger partial charge in [0.25, 0.3) is 17.5 Å². The fourth-order valence-corrected chi connectivity index (χ4v) is 2.99. The molecule has 0 saturated carbocycles. The molecule has 0 bridgehead atoms. The van der Waals surface area contributed by atoms with E-state index < -0.39 is 22.4 Å². The summed E-state index contributed by atoms with van der Waals surface area (Å²) in [6.45, 7) is 0. The molecule has 0 heterocycles. The fourth-order valence-electron chi connectivity index (χ4n) is 2.99. The van der Waals surface area contributed by atoms with Gasteiger partial charge >= 0.3 is 0 Å². The summed E-state index contributed by atoms with van der Waals surface area (Å²) in [6, 6.07) is 11.9. The number of nitrogens with zero attached hydrogens (tertiary/aromatic N) is 3. The van der Waals surface area contributed by atoms with Crippen molar-refractivity contribution in [3.8, 4) is 23.0 Å². The maximum absolute atomic E-state index is 12.5. The molecular formula is C24H21N5O8. The Labute approximate surface area is 209 Å². The zero-order chi connectivity index (χ0) is 26.9. The maximum Gasteiger partial charge on any atom is 0.271 e. The van der Waals surface area contributed by atoms with Crippen molar-refractivity contribution in [3.05, 3.63) is 87.0 Å². The number of carbonyl (C=O) groups excluding carboxylic acids is 2. The van der Waals surface area contributed by atoms with E-state index >= 15 is 0 Å². The van der Waals surface area contributed by atoms with E-state index in [0.29, 0.717) is 11.1 Å². The van der Waals surface area contributed by atoms with Gasteiger partial charge in [-0.15, -0.1) is 0 Å². The normalized spacial score (nSPS) is 10.9. The number of hydrogen-bond acceptors (Lipinski definition) is 10. The Bertz CT molecular complexity index is 1310. The molecule has 3 aromatic rings. The molecule has 0 atom stereocenters. The highest BCUT2D eigenvalue weighted by atomic mass is 16.6. The average Bonchev–Trinajstić information content (AvgIpc) is 2.90. The Kier molecular flexibility index (Phi) is 8.33. The van der Waals surface area contributed by atoms with Crippen molar-refractivity contribution in [2.24, 2.45) is 10.2 Å². The fraction of sp³-hybridized carbons (Fsp3) is 0.0833. The minimum absolute atomic E-state index is 0.0711. The molecule has 0 saturated heterocycles. The van der Waals surface area contributed by atoms with E-state index in [0.717, 1.165) is 18.2 Å². The van der Waals surface area contributed by atoms with E-state index in [1.54, 1.807) is 0 Å². The van der Waals surface area contributed by atoms with Gasteiger partial charge in [-0.2, -0.15) is 10.2 Å². The monoisotopic (exact) mass is 507 g/mol. The minimum Gasteiger partial charge on any atom is -0.504 e. The Morgan fingerprint density at radius 1 is 0.811 bits per heavy atom. The quantitative estimate of drug-likeness (QED) is 0.193. The van der Waals surface area contributed by atoms with Crippen molar-refractivity contribution >= 4 is 29.9 Å². The third-order valence-electron chi connectivity index (χ3n) is 4.82. The maximum atomic E-state index is 12.5. The molecule has 0 aliphatic carbocycles. The van der Waals surface area contributed by atoms with Crippen LogP contribution in [0.1, 0.15) is 31.8 Å². The highest BCUT2D eigenvalue weighted by Gasteiger charge is 2.18. The number of nitrogens with one attached hydrogen (secondary N) is 2. The number of rotatable bonds is 9. The standard InChI is InChI=1S/C24H21N5O8/c1-36-21-7-14(3-5-19(21)30)12-25-27-23(32)16-9-17(11-18(10-16)29(34)35)24(33)28-26-13-15-4-6-20(31)22(8-15)37-2/h3-13,30-31H,1-2H3,(H,27,32)(H,28,33)/b25-12-,26-13-. The van der Waals surface area contributed by atoms with Crippen LogP contribution in [0.15, 0.2) is 64.8 Å². The van der Waals surface area contributed by atoms with E-state index in [9.17, 15) is 29.9 Å². The largest absolute Gasteiger partial charge is 0.504 e. The predicted molar refractivity (Wildman–Crippen MR) is 133 cm³/mol. The molecule has 13 heteroatoms. The smallest absolute Gasteiger partial charge is 0.271 e. The summed E-state index contributed by atoms with van der Waals surface area (Å²) in [5.41, 5.74) is 4.58. The van der Waals surface area contributed by atoms with Crippen LogP contribution in [0.5, 0.6) is 23.0 Å². The minimum atomic E-state index is -0.806. The molecule has 4 N–H and O–H groups in total. The first kappa shape index (κ1) is 26.2. The van der Waals surface area contributed by atoms with Gasteiger partial charge < -0.3 is 19.7 Å². The molecule has 0 unspecified atom stereocenters. The SMILES string of the molecule is COc1cc(/C=N\NC(=O)c2cc(C(=O)N/N=C\c3ccc(O)c(OC)c3)cc([N+](=O)[O-])c2)ccc1O. The van der Waals surface area contributed by atoms with Gasteiger partial charge in [0, 0.05) is 23.3 Å². The van der Waals surface area contributed by atoms with Gasteiger partial charge in [-0.05, 0) is 53.6 Å². The van der Waals surface area contributed by atoms with Gasteiger partial charge in [-0.3, -0.25) is 19.7 Å². The first-order chi connectivity index (χ1) is 17.7. The molecule has 13 nitrogen and oxygen atoms in total. The second-order valence-corrected chi connectivity index (χ2v) is 7.29. The zero-order valence-electron chi connectivity index (χ0n) is 19.5. The number of carbonyl (C=O) groups is 2. The van der Waals surface area contributed by atoms with Crippen molar-refractivity contribution in [2.75, 3.05) is 14.2 Å². The number of aromatic hydroxyl groups is 2. The van der Waals surface area contributed by atoms with Gasteiger partial charge in [-0.25, -0.2) is 10.9 Å². The number of phenols is 2. The molecule has 190 valence electrons. The lowest BCUT2D eigenvalue weighted by atomic mass is 10.1. The van der Waals surface area contributed by atoms with Crippen LogP contribution in [-0.4, -0.2) is 53.6 Å². The summed E-state index contributed by atoms with van der Waals surface area (Å²) in [4.78, 5) is 35.7. The summed E-state index contributed by atoms with van der Waals surface area (Å²) >= 11 is 0. The number of benzene rings is 3. The van der Waals surface area contributed by atoms with E-state index in [1.807, 2.05) is 0 Å². The second-order valence-electron chi connectivity index (χ2n) is 7.29. The third-order valence-corrected chi connectivity index (χ3v) is 4.82. The topological polar surface area (TPSA) is 185 Å². The number of methoxy groups -OCH3 is 2. The van der Waals surface area contributed by atoms with Crippen molar-refractivity contribution in [3.63, 3.8) is 0 Å². The number of non-ortho nitro benzene ring substituents is 1. The van der Waals surface area contributed by atoms with Crippen LogP contribution in [-0.2, 0) is 0 Å². The lowest BCUT2D eigenvalue weighted by Gasteiger charge is -2.05. The van der Waals surface area contributed by atoms with Crippen molar-refractivity contribution in [1.82, 2.24) is 10.9 Å². The number of nitro benzene ring substituents is 1. The van der Waals surface area contributed by atoms with Gasteiger partial charge in [-0.1, -0.05) is 0 Å². The summed E-state index contributed by atoms with van der Waals surface area (Å²) < 4.78 is 9.99. The van der Waals surface area contributed by atoms with Crippen LogP contribution in [0.4, 0.5) is 5.69 Å². The third kappa shape index (κ3) is 6.79. The lowest BCUT2D eigenvalue weighted by molar-refractivity contribution is -0.384. The van der Waals surface area contributed by atoms with Crippen LogP contribution in [0.3, 0.4) is 0 Å². The number of nitro groups is 1. The summed E-state index contributed by atoms with van der Waals surface area (Å²) in [7, 11) is 2.76. The molecule has 37 heavy (non-hydrogen) atoms. The Morgan fingerprint density at radius 2 is 1.24 bits per heavy atom. The van der Waals surface area contributed by atoms with Gasteiger partial charge in [0.2, 0.25) is 0 Å².